The molecule has 1 aliphatic heterocycles. The Kier molecular flexibility index (Phi) is 3.45. The number of hydrogen-bond acceptors (Lipinski definition) is 3. The molecule has 4 nitrogen and oxygen atoms in total. The Hall–Kier alpha value is -1.39. The van der Waals surface area contributed by atoms with Crippen molar-refractivity contribution in [3.05, 3.63) is 35.4 Å². The van der Waals surface area contributed by atoms with Crippen molar-refractivity contribution < 1.29 is 15.0 Å². The predicted molar refractivity (Wildman–Crippen MR) is 63.7 cm³/mol. The quantitative estimate of drug-likeness (QED) is 0.781. The number of nitrogens with zero attached hydrogens (tertiary/aromatic N) is 1. The van der Waals surface area contributed by atoms with E-state index in [1.807, 2.05) is 12.1 Å². The number of amides is 1. The fourth-order valence-electron chi connectivity index (χ4n) is 2.00. The molecule has 0 aromatic heterocycles. The van der Waals surface area contributed by atoms with E-state index in [4.69, 9.17) is 0 Å². The highest BCUT2D eigenvalue weighted by Crippen LogP contribution is 2.15. The highest BCUT2D eigenvalue weighted by molar-refractivity contribution is 5.94. The molecule has 0 spiro atoms. The standard InChI is InChI=1S/C13H17NO3/c1-2-9-3-5-10(6-4-9)13(17)14-7-11(15)12(16)8-14/h3-6,11-12,15-16H,2,7-8H2,1H3/t11-,12+. The summed E-state index contributed by atoms with van der Waals surface area (Å²) in [6.45, 7) is 2.47. The van der Waals surface area contributed by atoms with E-state index in [9.17, 15) is 15.0 Å². The molecule has 0 radical (unpaired) electrons. The van der Waals surface area contributed by atoms with Crippen LogP contribution in [0.25, 0.3) is 0 Å². The molecule has 0 saturated carbocycles. The summed E-state index contributed by atoms with van der Waals surface area (Å²) < 4.78 is 0. The second kappa shape index (κ2) is 4.85. The number of hydrogen-bond donors (Lipinski definition) is 2. The van der Waals surface area contributed by atoms with E-state index in [1.165, 1.54) is 10.5 Å². The molecule has 2 N–H and O–H groups in total. The van der Waals surface area contributed by atoms with Gasteiger partial charge in [0.05, 0.1) is 12.2 Å². The number of benzene rings is 1. The number of carbonyl (C=O) groups excluding carboxylic acids is 1. The van der Waals surface area contributed by atoms with Gasteiger partial charge < -0.3 is 15.1 Å². The van der Waals surface area contributed by atoms with Gasteiger partial charge in [0, 0.05) is 18.7 Å². The molecule has 1 heterocycles. The zero-order chi connectivity index (χ0) is 12.4. The van der Waals surface area contributed by atoms with Crippen molar-refractivity contribution >= 4 is 5.91 Å². The fraction of sp³-hybridized carbons (Fsp3) is 0.462. The molecule has 1 aromatic rings. The van der Waals surface area contributed by atoms with Gasteiger partial charge in [0.15, 0.2) is 0 Å². The second-order valence-corrected chi connectivity index (χ2v) is 4.40. The lowest BCUT2D eigenvalue weighted by Gasteiger charge is -2.15. The maximum absolute atomic E-state index is 12.0. The summed E-state index contributed by atoms with van der Waals surface area (Å²) in [7, 11) is 0. The number of rotatable bonds is 2. The largest absolute Gasteiger partial charge is 0.388 e. The molecule has 1 fully saturated rings. The van der Waals surface area contributed by atoms with Crippen LogP contribution in [0.5, 0.6) is 0 Å². The van der Waals surface area contributed by atoms with Gasteiger partial charge in [-0.1, -0.05) is 19.1 Å². The summed E-state index contributed by atoms with van der Waals surface area (Å²) in [5, 5.41) is 18.8. The smallest absolute Gasteiger partial charge is 0.254 e. The molecular weight excluding hydrogens is 218 g/mol. The van der Waals surface area contributed by atoms with E-state index >= 15 is 0 Å². The molecule has 2 atom stereocenters. The van der Waals surface area contributed by atoms with Crippen LogP contribution in [0, 0.1) is 0 Å². The Morgan fingerprint density at radius 2 is 1.76 bits per heavy atom. The summed E-state index contributed by atoms with van der Waals surface area (Å²) in [5.74, 6) is -0.136. The van der Waals surface area contributed by atoms with Gasteiger partial charge in [-0.05, 0) is 24.1 Å². The number of carbonyl (C=O) groups is 1. The van der Waals surface area contributed by atoms with Crippen molar-refractivity contribution in [2.75, 3.05) is 13.1 Å². The lowest BCUT2D eigenvalue weighted by Crippen LogP contribution is -2.29. The van der Waals surface area contributed by atoms with Crippen LogP contribution in [0.15, 0.2) is 24.3 Å². The summed E-state index contributed by atoms with van der Waals surface area (Å²) in [4.78, 5) is 13.5. The van der Waals surface area contributed by atoms with Gasteiger partial charge in [0.1, 0.15) is 0 Å². The van der Waals surface area contributed by atoms with Crippen molar-refractivity contribution in [2.24, 2.45) is 0 Å². The molecule has 1 aromatic carbocycles. The minimum absolute atomic E-state index is 0.136. The Morgan fingerprint density at radius 1 is 1.24 bits per heavy atom. The van der Waals surface area contributed by atoms with Crippen LogP contribution in [0.3, 0.4) is 0 Å². The maximum atomic E-state index is 12.0. The van der Waals surface area contributed by atoms with E-state index in [1.54, 1.807) is 12.1 Å². The summed E-state index contributed by atoms with van der Waals surface area (Å²) in [5.41, 5.74) is 1.78. The van der Waals surface area contributed by atoms with Gasteiger partial charge in [0.25, 0.3) is 5.91 Å². The number of likely N-dealkylation sites (tertiary alicyclic amines) is 1. The van der Waals surface area contributed by atoms with Gasteiger partial charge in [0.2, 0.25) is 0 Å². The van der Waals surface area contributed by atoms with Crippen LogP contribution in [-0.4, -0.2) is 46.3 Å². The predicted octanol–water partition coefficient (Wildman–Crippen LogP) is 0.427. The van der Waals surface area contributed by atoms with Crippen LogP contribution in [-0.2, 0) is 6.42 Å². The monoisotopic (exact) mass is 235 g/mol. The third kappa shape index (κ3) is 2.48. The van der Waals surface area contributed by atoms with Crippen LogP contribution in [0.2, 0.25) is 0 Å². The minimum atomic E-state index is -0.825. The second-order valence-electron chi connectivity index (χ2n) is 4.40. The highest BCUT2D eigenvalue weighted by atomic mass is 16.3. The number of β-amino-alcohol motifs (C(OH)–C–C–N with tert-alkyl or cyclic N) is 2. The lowest BCUT2D eigenvalue weighted by atomic mass is 10.1. The lowest BCUT2D eigenvalue weighted by molar-refractivity contribution is 0.0572. The minimum Gasteiger partial charge on any atom is -0.388 e. The molecule has 92 valence electrons. The molecule has 1 aliphatic rings. The first-order valence-corrected chi connectivity index (χ1v) is 5.86. The average molecular weight is 235 g/mol. The SMILES string of the molecule is CCc1ccc(C(=O)N2C[C@@H](O)[C@@H](O)C2)cc1. The first-order valence-electron chi connectivity index (χ1n) is 5.86. The zero-order valence-electron chi connectivity index (χ0n) is 9.84. The highest BCUT2D eigenvalue weighted by Gasteiger charge is 2.32. The summed E-state index contributed by atoms with van der Waals surface area (Å²) >= 11 is 0. The molecule has 17 heavy (non-hydrogen) atoms. The molecule has 0 aliphatic carbocycles. The Morgan fingerprint density at radius 3 is 2.24 bits per heavy atom. The van der Waals surface area contributed by atoms with Gasteiger partial charge in [-0.2, -0.15) is 0 Å². The topological polar surface area (TPSA) is 60.8 Å². The average Bonchev–Trinajstić information content (AvgIpc) is 2.69. The fourth-order valence-corrected chi connectivity index (χ4v) is 2.00. The van der Waals surface area contributed by atoms with E-state index < -0.39 is 12.2 Å². The molecule has 1 saturated heterocycles. The van der Waals surface area contributed by atoms with Gasteiger partial charge in [-0.15, -0.1) is 0 Å². The van der Waals surface area contributed by atoms with Crippen LogP contribution in [0.1, 0.15) is 22.8 Å². The Bertz CT molecular complexity index is 392. The molecule has 1 amide bonds. The normalized spacial score (nSPS) is 24.1. The first-order chi connectivity index (χ1) is 8.11. The van der Waals surface area contributed by atoms with E-state index in [2.05, 4.69) is 6.92 Å². The van der Waals surface area contributed by atoms with Crippen molar-refractivity contribution in [2.45, 2.75) is 25.6 Å². The third-order valence-corrected chi connectivity index (χ3v) is 3.16. The van der Waals surface area contributed by atoms with Crippen molar-refractivity contribution in [1.82, 2.24) is 4.90 Å². The molecular formula is C13H17NO3. The van der Waals surface area contributed by atoms with Crippen LogP contribution in [0.4, 0.5) is 0 Å². The van der Waals surface area contributed by atoms with Gasteiger partial charge in [-0.3, -0.25) is 4.79 Å². The first kappa shape index (κ1) is 12.1. The van der Waals surface area contributed by atoms with Crippen molar-refractivity contribution in [3.8, 4) is 0 Å². The number of aliphatic hydroxyl groups excluding tert-OH is 2. The number of aryl methyl sites for hydroxylation is 1. The van der Waals surface area contributed by atoms with E-state index in [0.29, 0.717) is 5.56 Å². The molecule has 0 bridgehead atoms. The van der Waals surface area contributed by atoms with Crippen LogP contribution >= 0.6 is 0 Å². The zero-order valence-corrected chi connectivity index (χ0v) is 9.84. The number of aliphatic hydroxyl groups is 2. The summed E-state index contributed by atoms with van der Waals surface area (Å²) in [6, 6.07) is 7.43. The Labute approximate surface area is 100 Å². The van der Waals surface area contributed by atoms with E-state index in [0.717, 1.165) is 6.42 Å². The van der Waals surface area contributed by atoms with Gasteiger partial charge >= 0.3 is 0 Å². The summed E-state index contributed by atoms with van der Waals surface area (Å²) in [6.07, 6.45) is -0.710. The van der Waals surface area contributed by atoms with Crippen molar-refractivity contribution in [1.29, 1.82) is 0 Å². The van der Waals surface area contributed by atoms with Crippen LogP contribution < -0.4 is 0 Å². The molecule has 0 unspecified atom stereocenters. The molecule has 4 heteroatoms. The molecule has 2 rings (SSSR count). The van der Waals surface area contributed by atoms with E-state index in [-0.39, 0.29) is 19.0 Å². The van der Waals surface area contributed by atoms with Gasteiger partial charge in [-0.25, -0.2) is 0 Å². The van der Waals surface area contributed by atoms with Crippen molar-refractivity contribution in [3.63, 3.8) is 0 Å². The third-order valence-electron chi connectivity index (χ3n) is 3.16. The maximum Gasteiger partial charge on any atom is 0.254 e. The Balaban J connectivity index is 2.09.